The molecule has 0 radical (unpaired) electrons. The third-order valence-electron chi connectivity index (χ3n) is 4.51. The Bertz CT molecular complexity index is 1330. The van der Waals surface area contributed by atoms with Crippen LogP contribution in [0.15, 0.2) is 69.1 Å². The minimum absolute atomic E-state index is 0.0839. The van der Waals surface area contributed by atoms with Crippen LogP contribution in [0.3, 0.4) is 0 Å². The molecule has 0 saturated heterocycles. The molecule has 0 aliphatic rings. The highest BCUT2D eigenvalue weighted by Gasteiger charge is 2.30. The van der Waals surface area contributed by atoms with Gasteiger partial charge in [0.2, 0.25) is 0 Å². The number of nitrogens with one attached hydrogen (secondary N) is 1. The van der Waals surface area contributed by atoms with E-state index in [0.29, 0.717) is 30.3 Å². The van der Waals surface area contributed by atoms with Crippen molar-refractivity contribution in [2.24, 2.45) is 0 Å². The van der Waals surface area contributed by atoms with Crippen molar-refractivity contribution >= 4 is 72.7 Å². The number of amides is 1. The number of benzene rings is 3. The van der Waals surface area contributed by atoms with Crippen molar-refractivity contribution in [3.8, 4) is 11.8 Å². The van der Waals surface area contributed by atoms with Crippen molar-refractivity contribution in [2.45, 2.75) is 12.8 Å². The van der Waals surface area contributed by atoms with E-state index < -0.39 is 17.6 Å². The Labute approximate surface area is 225 Å². The van der Waals surface area contributed by atoms with E-state index in [9.17, 15) is 23.2 Å². The maximum Gasteiger partial charge on any atom is 0.416 e. The molecule has 1 N–H and O–H groups in total. The number of ether oxygens (including phenoxy) is 1. The van der Waals surface area contributed by atoms with E-state index in [1.165, 1.54) is 18.2 Å². The highest BCUT2D eigenvalue weighted by Crippen LogP contribution is 2.36. The molecule has 11 heteroatoms. The first-order chi connectivity index (χ1) is 16.5. The summed E-state index contributed by atoms with van der Waals surface area (Å²) in [5.41, 5.74) is -0.0336. The predicted molar refractivity (Wildman–Crippen MR) is 136 cm³/mol. The molecule has 0 atom stereocenters. The van der Waals surface area contributed by atoms with Crippen LogP contribution in [0.5, 0.6) is 5.75 Å². The van der Waals surface area contributed by atoms with E-state index >= 15 is 0 Å². The molecular weight excluding hydrogens is 636 g/mol. The van der Waals surface area contributed by atoms with Gasteiger partial charge >= 0.3 is 6.18 Å². The average molecular weight is 649 g/mol. The molecule has 0 fully saturated rings. The van der Waals surface area contributed by atoms with Crippen molar-refractivity contribution in [1.29, 1.82) is 5.26 Å². The standard InChI is InChI=1S/C24H13Br2Cl2F3N2O2/c25-18-7-14(8-19(26)22(18)35-12-13-4-5-20(27)21(28)9-13)6-15(11-32)23(34)33-17-3-1-2-16(10-17)24(29,30)31/h1-10H,12H2,(H,33,34)/b15-6-. The molecule has 35 heavy (non-hydrogen) atoms. The van der Waals surface area contributed by atoms with Gasteiger partial charge in [-0.05, 0) is 91.5 Å². The number of carbonyl (C=O) groups is 1. The molecule has 0 aliphatic heterocycles. The van der Waals surface area contributed by atoms with Gasteiger partial charge in [-0.3, -0.25) is 4.79 Å². The monoisotopic (exact) mass is 646 g/mol. The predicted octanol–water partition coefficient (Wildman–Crippen LogP) is 8.66. The van der Waals surface area contributed by atoms with E-state index in [-0.39, 0.29) is 17.9 Å². The van der Waals surface area contributed by atoms with E-state index in [1.54, 1.807) is 36.4 Å². The van der Waals surface area contributed by atoms with Crippen molar-refractivity contribution in [3.05, 3.63) is 95.9 Å². The van der Waals surface area contributed by atoms with Gasteiger partial charge < -0.3 is 10.1 Å². The van der Waals surface area contributed by atoms with Gasteiger partial charge in [-0.1, -0.05) is 35.3 Å². The maximum atomic E-state index is 12.9. The molecular formula is C24H13Br2Cl2F3N2O2. The summed E-state index contributed by atoms with van der Waals surface area (Å²) in [5, 5.41) is 12.6. The maximum absolute atomic E-state index is 12.9. The van der Waals surface area contributed by atoms with Gasteiger partial charge in [-0.25, -0.2) is 0 Å². The Morgan fingerprint density at radius 2 is 1.74 bits per heavy atom. The fraction of sp³-hybridized carbons (Fsp3) is 0.0833. The topological polar surface area (TPSA) is 62.1 Å². The van der Waals surface area contributed by atoms with Crippen LogP contribution in [0.25, 0.3) is 6.08 Å². The lowest BCUT2D eigenvalue weighted by atomic mass is 10.1. The van der Waals surface area contributed by atoms with Crippen LogP contribution in [-0.4, -0.2) is 5.91 Å². The van der Waals surface area contributed by atoms with Crippen molar-refractivity contribution in [2.75, 3.05) is 5.32 Å². The van der Waals surface area contributed by atoms with E-state index in [2.05, 4.69) is 37.2 Å². The number of nitriles is 1. The molecule has 0 saturated carbocycles. The number of rotatable bonds is 6. The molecule has 180 valence electrons. The lowest BCUT2D eigenvalue weighted by Crippen LogP contribution is -2.14. The summed E-state index contributed by atoms with van der Waals surface area (Å²) >= 11 is 18.8. The Kier molecular flexibility index (Phi) is 8.89. The first-order valence-electron chi connectivity index (χ1n) is 9.64. The van der Waals surface area contributed by atoms with Crippen LogP contribution in [-0.2, 0) is 17.6 Å². The van der Waals surface area contributed by atoms with Gasteiger partial charge in [0.05, 0.1) is 24.6 Å². The zero-order chi connectivity index (χ0) is 25.8. The fourth-order valence-corrected chi connectivity index (χ4v) is 4.64. The second-order valence-corrected chi connectivity index (χ2v) is 9.58. The van der Waals surface area contributed by atoms with E-state index in [1.807, 2.05) is 0 Å². The van der Waals surface area contributed by atoms with Crippen LogP contribution < -0.4 is 10.1 Å². The van der Waals surface area contributed by atoms with Crippen molar-refractivity contribution in [1.82, 2.24) is 0 Å². The number of alkyl halides is 3. The normalized spacial score (nSPS) is 11.7. The number of carbonyl (C=O) groups excluding carboxylic acids is 1. The summed E-state index contributed by atoms with van der Waals surface area (Å²) in [6, 6.07) is 14.3. The highest BCUT2D eigenvalue weighted by molar-refractivity contribution is 9.11. The molecule has 1 amide bonds. The zero-order valence-electron chi connectivity index (χ0n) is 17.4. The summed E-state index contributed by atoms with van der Waals surface area (Å²) in [5.74, 6) is -0.376. The summed E-state index contributed by atoms with van der Waals surface area (Å²) in [4.78, 5) is 12.5. The fourth-order valence-electron chi connectivity index (χ4n) is 2.87. The third-order valence-corrected chi connectivity index (χ3v) is 6.43. The number of hydrogen-bond donors (Lipinski definition) is 1. The van der Waals surface area contributed by atoms with Crippen LogP contribution in [0.2, 0.25) is 10.0 Å². The molecule has 3 aromatic carbocycles. The SMILES string of the molecule is N#C/C(=C/c1cc(Br)c(OCc2ccc(Cl)c(Cl)c2)c(Br)c1)C(=O)Nc1cccc(C(F)(F)F)c1. The van der Waals surface area contributed by atoms with Crippen LogP contribution in [0.1, 0.15) is 16.7 Å². The molecule has 0 aromatic heterocycles. The molecule has 3 aromatic rings. The van der Waals surface area contributed by atoms with Crippen LogP contribution in [0.4, 0.5) is 18.9 Å². The van der Waals surface area contributed by atoms with E-state index in [0.717, 1.165) is 17.7 Å². The van der Waals surface area contributed by atoms with Gasteiger partial charge in [0.1, 0.15) is 24.0 Å². The highest BCUT2D eigenvalue weighted by atomic mass is 79.9. The number of nitrogens with zero attached hydrogens (tertiary/aromatic N) is 1. The summed E-state index contributed by atoms with van der Waals surface area (Å²) < 4.78 is 45.6. The summed E-state index contributed by atoms with van der Waals surface area (Å²) in [6.45, 7) is 0.201. The molecule has 3 rings (SSSR count). The number of anilines is 1. The molecule has 0 aliphatic carbocycles. The third kappa shape index (κ3) is 7.24. The number of hydrogen-bond acceptors (Lipinski definition) is 3. The minimum atomic E-state index is -4.56. The smallest absolute Gasteiger partial charge is 0.416 e. The van der Waals surface area contributed by atoms with Crippen molar-refractivity contribution in [3.63, 3.8) is 0 Å². The summed E-state index contributed by atoms with van der Waals surface area (Å²) in [7, 11) is 0. The van der Waals surface area contributed by atoms with Crippen LogP contribution in [0, 0.1) is 11.3 Å². The Hall–Kier alpha value is -2.51. The van der Waals surface area contributed by atoms with Crippen LogP contribution >= 0.6 is 55.1 Å². The lowest BCUT2D eigenvalue weighted by molar-refractivity contribution is -0.137. The summed E-state index contributed by atoms with van der Waals surface area (Å²) in [6.07, 6.45) is -3.25. The molecule has 0 unspecified atom stereocenters. The molecule has 0 spiro atoms. The Morgan fingerprint density at radius 3 is 2.34 bits per heavy atom. The second kappa shape index (κ2) is 11.5. The molecule has 0 heterocycles. The minimum Gasteiger partial charge on any atom is -0.487 e. The van der Waals surface area contributed by atoms with Gasteiger partial charge in [-0.15, -0.1) is 0 Å². The van der Waals surface area contributed by atoms with Gasteiger partial charge in [0.25, 0.3) is 5.91 Å². The molecule has 0 bridgehead atoms. The lowest BCUT2D eigenvalue weighted by Gasteiger charge is -2.12. The quantitative estimate of drug-likeness (QED) is 0.215. The first kappa shape index (κ1) is 27.1. The van der Waals surface area contributed by atoms with Gasteiger partial charge in [0.15, 0.2) is 0 Å². The van der Waals surface area contributed by atoms with Crippen molar-refractivity contribution < 1.29 is 22.7 Å². The van der Waals surface area contributed by atoms with E-state index in [4.69, 9.17) is 27.9 Å². The largest absolute Gasteiger partial charge is 0.487 e. The average Bonchev–Trinajstić information content (AvgIpc) is 2.78. The zero-order valence-corrected chi connectivity index (χ0v) is 22.1. The second-order valence-electron chi connectivity index (χ2n) is 7.05. The first-order valence-corrected chi connectivity index (χ1v) is 12.0. The Morgan fingerprint density at radius 1 is 1.06 bits per heavy atom. The van der Waals surface area contributed by atoms with Gasteiger partial charge in [0, 0.05) is 5.69 Å². The number of halogens is 7. The van der Waals surface area contributed by atoms with Gasteiger partial charge in [-0.2, -0.15) is 18.4 Å². The molecule has 4 nitrogen and oxygen atoms in total. The Balaban J connectivity index is 1.77.